The number of carbonyl (C=O) groups excluding carboxylic acids is 2. The van der Waals surface area contributed by atoms with Crippen LogP contribution in [0.4, 0.5) is 0 Å². The summed E-state index contributed by atoms with van der Waals surface area (Å²) in [6.07, 6.45) is 0.428. The Balaban J connectivity index is 1.43. The zero-order valence-corrected chi connectivity index (χ0v) is 17.8. The molecule has 0 bridgehead atoms. The Labute approximate surface area is 177 Å². The Morgan fingerprint density at radius 1 is 0.966 bits per heavy atom. The maximum atomic E-state index is 12.6. The number of aryl methyl sites for hydroxylation is 1. The molecular weight excluding hydrogens is 386 g/mol. The van der Waals surface area contributed by atoms with Crippen LogP contribution >= 0.6 is 11.6 Å². The van der Waals surface area contributed by atoms with E-state index in [4.69, 9.17) is 11.6 Å². The molecule has 1 N–H and O–H groups in total. The van der Waals surface area contributed by atoms with Gasteiger partial charge >= 0.3 is 0 Å². The fraction of sp³-hybridized carbons (Fsp3) is 0.391. The predicted octanol–water partition coefficient (Wildman–Crippen LogP) is 3.04. The van der Waals surface area contributed by atoms with Gasteiger partial charge in [0.25, 0.3) is 0 Å². The van der Waals surface area contributed by atoms with Gasteiger partial charge in [0.15, 0.2) is 0 Å². The number of hydrogen-bond donors (Lipinski definition) is 1. The van der Waals surface area contributed by atoms with Crippen molar-refractivity contribution in [1.82, 2.24) is 15.1 Å². The van der Waals surface area contributed by atoms with Crippen molar-refractivity contribution in [2.75, 3.05) is 26.2 Å². The molecule has 1 aliphatic heterocycles. The summed E-state index contributed by atoms with van der Waals surface area (Å²) >= 11 is 5.89. The van der Waals surface area contributed by atoms with Crippen LogP contribution < -0.4 is 5.32 Å². The highest BCUT2D eigenvalue weighted by molar-refractivity contribution is 6.30. The van der Waals surface area contributed by atoms with Crippen molar-refractivity contribution in [3.63, 3.8) is 0 Å². The molecule has 154 valence electrons. The lowest BCUT2D eigenvalue weighted by atomic mass is 10.1. The van der Waals surface area contributed by atoms with Crippen LogP contribution in [-0.4, -0.2) is 53.8 Å². The molecule has 1 heterocycles. The van der Waals surface area contributed by atoms with Crippen molar-refractivity contribution in [1.29, 1.82) is 0 Å². The van der Waals surface area contributed by atoms with Gasteiger partial charge in [0.2, 0.25) is 11.8 Å². The molecule has 6 heteroatoms. The van der Waals surface area contributed by atoms with E-state index in [9.17, 15) is 9.59 Å². The van der Waals surface area contributed by atoms with Gasteiger partial charge in [-0.05, 0) is 37.1 Å². The minimum Gasteiger partial charge on any atom is -0.351 e. The first-order chi connectivity index (χ1) is 13.9. The SMILES string of the molecule is Cc1ccc(CC(=O)N2CCN(C(C)C(=O)NCc3ccc(Cl)cc3)CC2)cc1. The van der Waals surface area contributed by atoms with Gasteiger partial charge in [-0.25, -0.2) is 0 Å². The van der Waals surface area contributed by atoms with Gasteiger partial charge in [0.05, 0.1) is 12.5 Å². The lowest BCUT2D eigenvalue weighted by Gasteiger charge is -2.37. The molecule has 1 aliphatic rings. The molecule has 1 saturated heterocycles. The summed E-state index contributed by atoms with van der Waals surface area (Å²) < 4.78 is 0. The zero-order chi connectivity index (χ0) is 20.8. The van der Waals surface area contributed by atoms with Crippen LogP contribution in [0.5, 0.6) is 0 Å². The van der Waals surface area contributed by atoms with Gasteiger partial charge in [-0.15, -0.1) is 0 Å². The van der Waals surface area contributed by atoms with Crippen molar-refractivity contribution in [2.45, 2.75) is 32.9 Å². The molecule has 2 amide bonds. The largest absolute Gasteiger partial charge is 0.351 e. The van der Waals surface area contributed by atoms with Crippen LogP contribution in [0.3, 0.4) is 0 Å². The third-order valence-corrected chi connectivity index (χ3v) is 5.70. The number of halogens is 1. The molecule has 3 rings (SSSR count). The van der Waals surface area contributed by atoms with E-state index in [1.165, 1.54) is 5.56 Å². The van der Waals surface area contributed by atoms with E-state index in [2.05, 4.69) is 10.2 Å². The molecule has 5 nitrogen and oxygen atoms in total. The number of piperazine rings is 1. The summed E-state index contributed by atoms with van der Waals surface area (Å²) in [4.78, 5) is 29.1. The molecule has 2 aromatic carbocycles. The second-order valence-corrected chi connectivity index (χ2v) is 8.04. The third-order valence-electron chi connectivity index (χ3n) is 5.45. The molecule has 29 heavy (non-hydrogen) atoms. The van der Waals surface area contributed by atoms with Crippen LogP contribution in [0, 0.1) is 6.92 Å². The first-order valence-electron chi connectivity index (χ1n) is 10.0. The van der Waals surface area contributed by atoms with E-state index in [-0.39, 0.29) is 17.9 Å². The number of carbonyl (C=O) groups is 2. The van der Waals surface area contributed by atoms with Gasteiger partial charge < -0.3 is 10.2 Å². The molecular formula is C23H28ClN3O2. The average Bonchev–Trinajstić information content (AvgIpc) is 2.74. The quantitative estimate of drug-likeness (QED) is 0.791. The van der Waals surface area contributed by atoms with E-state index >= 15 is 0 Å². The molecule has 0 spiro atoms. The topological polar surface area (TPSA) is 52.7 Å². The first kappa shape index (κ1) is 21.3. The van der Waals surface area contributed by atoms with Gasteiger partial charge in [-0.2, -0.15) is 0 Å². The molecule has 1 unspecified atom stereocenters. The summed E-state index contributed by atoms with van der Waals surface area (Å²) in [6, 6.07) is 15.3. The molecule has 2 aromatic rings. The number of hydrogen-bond acceptors (Lipinski definition) is 3. The lowest BCUT2D eigenvalue weighted by Crippen LogP contribution is -2.55. The van der Waals surface area contributed by atoms with E-state index in [1.54, 1.807) is 0 Å². The number of nitrogens with zero attached hydrogens (tertiary/aromatic N) is 2. The Bertz CT molecular complexity index is 828. The van der Waals surface area contributed by atoms with Crippen LogP contribution in [-0.2, 0) is 22.6 Å². The van der Waals surface area contributed by atoms with Crippen LogP contribution in [0.15, 0.2) is 48.5 Å². The van der Waals surface area contributed by atoms with E-state index in [0.717, 1.165) is 11.1 Å². The summed E-state index contributed by atoms with van der Waals surface area (Å²) in [5.74, 6) is 0.146. The highest BCUT2D eigenvalue weighted by Crippen LogP contribution is 2.12. The summed E-state index contributed by atoms with van der Waals surface area (Å²) in [7, 11) is 0. The van der Waals surface area contributed by atoms with E-state index < -0.39 is 0 Å². The molecule has 1 fully saturated rings. The fourth-order valence-electron chi connectivity index (χ4n) is 3.46. The zero-order valence-electron chi connectivity index (χ0n) is 17.0. The maximum absolute atomic E-state index is 12.6. The minimum atomic E-state index is -0.225. The number of rotatable bonds is 6. The maximum Gasteiger partial charge on any atom is 0.237 e. The molecule has 0 aromatic heterocycles. The van der Waals surface area contributed by atoms with Crippen LogP contribution in [0.1, 0.15) is 23.6 Å². The standard InChI is InChI=1S/C23H28ClN3O2/c1-17-3-5-19(6-4-17)15-22(28)27-13-11-26(12-14-27)18(2)23(29)25-16-20-7-9-21(24)10-8-20/h3-10,18H,11-16H2,1-2H3,(H,25,29). The minimum absolute atomic E-state index is 0.000572. The number of benzene rings is 2. The second-order valence-electron chi connectivity index (χ2n) is 7.60. The highest BCUT2D eigenvalue weighted by atomic mass is 35.5. The molecule has 0 radical (unpaired) electrons. The second kappa shape index (κ2) is 9.90. The normalized spacial score (nSPS) is 15.8. The average molecular weight is 414 g/mol. The Morgan fingerprint density at radius 3 is 2.17 bits per heavy atom. The Hall–Kier alpha value is -2.37. The molecule has 1 atom stereocenters. The van der Waals surface area contributed by atoms with Gasteiger partial charge in [0, 0.05) is 37.7 Å². The monoisotopic (exact) mass is 413 g/mol. The van der Waals surface area contributed by atoms with E-state index in [0.29, 0.717) is 44.2 Å². The molecule has 0 aliphatic carbocycles. The predicted molar refractivity (Wildman–Crippen MR) is 116 cm³/mol. The Kier molecular flexibility index (Phi) is 7.29. The first-order valence-corrected chi connectivity index (χ1v) is 10.4. The Morgan fingerprint density at radius 2 is 1.55 bits per heavy atom. The summed E-state index contributed by atoms with van der Waals surface area (Å²) in [5.41, 5.74) is 3.25. The fourth-order valence-corrected chi connectivity index (χ4v) is 3.58. The third kappa shape index (κ3) is 6.05. The summed E-state index contributed by atoms with van der Waals surface area (Å²) in [5, 5.41) is 3.67. The van der Waals surface area contributed by atoms with Crippen LogP contribution in [0.2, 0.25) is 5.02 Å². The number of nitrogens with one attached hydrogen (secondary N) is 1. The number of amides is 2. The molecule has 0 saturated carbocycles. The lowest BCUT2D eigenvalue weighted by molar-refractivity contribution is -0.133. The van der Waals surface area contributed by atoms with Crippen molar-refractivity contribution in [3.8, 4) is 0 Å². The van der Waals surface area contributed by atoms with Crippen LogP contribution in [0.25, 0.3) is 0 Å². The van der Waals surface area contributed by atoms with Crippen molar-refractivity contribution in [3.05, 3.63) is 70.2 Å². The summed E-state index contributed by atoms with van der Waals surface area (Å²) in [6.45, 7) is 7.15. The van der Waals surface area contributed by atoms with Crippen molar-refractivity contribution in [2.24, 2.45) is 0 Å². The highest BCUT2D eigenvalue weighted by Gasteiger charge is 2.27. The van der Waals surface area contributed by atoms with Crippen molar-refractivity contribution < 1.29 is 9.59 Å². The van der Waals surface area contributed by atoms with E-state index in [1.807, 2.05) is 67.3 Å². The smallest absolute Gasteiger partial charge is 0.237 e. The van der Waals surface area contributed by atoms with Gasteiger partial charge in [-0.3, -0.25) is 14.5 Å². The van der Waals surface area contributed by atoms with Gasteiger partial charge in [0.1, 0.15) is 0 Å². The van der Waals surface area contributed by atoms with Crippen molar-refractivity contribution >= 4 is 23.4 Å². The van der Waals surface area contributed by atoms with Gasteiger partial charge in [-0.1, -0.05) is 53.6 Å².